The molecule has 4 heterocycles. The first-order chi connectivity index (χ1) is 18.6. The van der Waals surface area contributed by atoms with Gasteiger partial charge in [0.2, 0.25) is 11.8 Å². The van der Waals surface area contributed by atoms with Crippen LogP contribution >= 0.6 is 0 Å². The van der Waals surface area contributed by atoms with Crippen LogP contribution in [0.15, 0.2) is 55.0 Å². The Hall–Kier alpha value is -4.25. The van der Waals surface area contributed by atoms with Gasteiger partial charge in [-0.3, -0.25) is 4.79 Å². The van der Waals surface area contributed by atoms with E-state index >= 15 is 4.39 Å². The minimum Gasteiger partial charge on any atom is -0.474 e. The van der Waals surface area contributed by atoms with E-state index in [4.69, 9.17) is 4.74 Å². The summed E-state index contributed by atoms with van der Waals surface area (Å²) in [6, 6.07) is 8.43. The molecule has 11 heteroatoms. The maximum atomic E-state index is 15.3. The lowest BCUT2D eigenvalue weighted by Crippen LogP contribution is -2.33. The van der Waals surface area contributed by atoms with Crippen LogP contribution < -0.4 is 4.74 Å². The third-order valence-corrected chi connectivity index (χ3v) is 7.26. The Morgan fingerprint density at radius 2 is 1.77 bits per heavy atom. The standard InChI is InChI=1S/C28H26F2N6O3/c1-15-18(14-36(34-15)27-31-9-4-10-32-27)26(37)35-12-19-20(13-35)25(19)39-22-11-21(28(2,3)38)23(30)24(33-22)16-5-7-17(29)8-6-16/h4-11,14,19-20,25,38H,12-13H2,1-3H3. The number of likely N-dealkylation sites (tertiary alicyclic amines) is 1. The second kappa shape index (κ2) is 9.19. The Balaban J connectivity index is 1.18. The van der Waals surface area contributed by atoms with Crippen molar-refractivity contribution in [1.29, 1.82) is 0 Å². The summed E-state index contributed by atoms with van der Waals surface area (Å²) in [5, 5.41) is 15.0. The molecule has 0 radical (unpaired) electrons. The summed E-state index contributed by atoms with van der Waals surface area (Å²) in [5.74, 6) is -0.494. The molecule has 200 valence electrons. The topological polar surface area (TPSA) is 106 Å². The van der Waals surface area contributed by atoms with Crippen molar-refractivity contribution in [3.8, 4) is 23.1 Å². The van der Waals surface area contributed by atoms with Gasteiger partial charge in [0.25, 0.3) is 5.91 Å². The first-order valence-corrected chi connectivity index (χ1v) is 12.6. The van der Waals surface area contributed by atoms with E-state index in [1.165, 1.54) is 48.9 Å². The van der Waals surface area contributed by atoms with Crippen LogP contribution in [0.4, 0.5) is 8.78 Å². The fourth-order valence-electron chi connectivity index (χ4n) is 5.11. The summed E-state index contributed by atoms with van der Waals surface area (Å²) >= 11 is 0. The molecule has 2 unspecified atom stereocenters. The van der Waals surface area contributed by atoms with Crippen molar-refractivity contribution in [3.05, 3.63) is 83.4 Å². The van der Waals surface area contributed by atoms with Gasteiger partial charge in [0.15, 0.2) is 5.82 Å². The molecular weight excluding hydrogens is 506 g/mol. The number of pyridine rings is 1. The smallest absolute Gasteiger partial charge is 0.257 e. The van der Waals surface area contributed by atoms with Gasteiger partial charge in [0.05, 0.1) is 16.9 Å². The van der Waals surface area contributed by atoms with E-state index in [2.05, 4.69) is 20.1 Å². The van der Waals surface area contributed by atoms with Crippen molar-refractivity contribution in [2.75, 3.05) is 13.1 Å². The molecule has 2 fully saturated rings. The zero-order valence-corrected chi connectivity index (χ0v) is 21.5. The fourth-order valence-corrected chi connectivity index (χ4v) is 5.11. The predicted octanol–water partition coefficient (Wildman–Crippen LogP) is 3.69. The highest BCUT2D eigenvalue weighted by Crippen LogP contribution is 2.48. The van der Waals surface area contributed by atoms with Crippen LogP contribution in [0.5, 0.6) is 5.88 Å². The lowest BCUT2D eigenvalue weighted by atomic mass is 9.96. The number of halogens is 2. The number of ether oxygens (including phenoxy) is 1. The molecule has 1 aliphatic carbocycles. The average molecular weight is 533 g/mol. The van der Waals surface area contributed by atoms with E-state index in [0.717, 1.165) is 0 Å². The Kier molecular flexibility index (Phi) is 5.91. The van der Waals surface area contributed by atoms with E-state index < -0.39 is 17.2 Å². The molecule has 9 nitrogen and oxygen atoms in total. The molecule has 1 amide bonds. The van der Waals surface area contributed by atoms with Crippen LogP contribution in [0.3, 0.4) is 0 Å². The number of aryl methyl sites for hydroxylation is 1. The van der Waals surface area contributed by atoms with Crippen LogP contribution in [-0.2, 0) is 5.60 Å². The normalized spacial score (nSPS) is 20.2. The van der Waals surface area contributed by atoms with Crippen molar-refractivity contribution in [2.24, 2.45) is 11.8 Å². The van der Waals surface area contributed by atoms with Crippen LogP contribution in [0.25, 0.3) is 17.2 Å². The SMILES string of the molecule is Cc1nn(-c2ncccn2)cc1C(=O)N1CC2C(C1)C2Oc1cc(C(C)(C)O)c(F)c(-c2ccc(F)cc2)n1. The summed E-state index contributed by atoms with van der Waals surface area (Å²) in [4.78, 5) is 27.7. The number of hydrogen-bond acceptors (Lipinski definition) is 7. The minimum atomic E-state index is -1.49. The zero-order valence-electron chi connectivity index (χ0n) is 21.5. The number of nitrogens with zero attached hydrogens (tertiary/aromatic N) is 6. The highest BCUT2D eigenvalue weighted by molar-refractivity contribution is 5.95. The van der Waals surface area contributed by atoms with Crippen LogP contribution in [-0.4, -0.2) is 59.8 Å². The van der Waals surface area contributed by atoms with Crippen molar-refractivity contribution >= 4 is 5.91 Å². The summed E-state index contributed by atoms with van der Waals surface area (Å²) in [5.41, 5.74) is -0.0415. The number of amides is 1. The van der Waals surface area contributed by atoms with Crippen LogP contribution in [0.1, 0.15) is 35.5 Å². The Labute approximate surface area is 223 Å². The number of aromatic nitrogens is 5. The first kappa shape index (κ1) is 25.1. The third-order valence-electron chi connectivity index (χ3n) is 7.26. The maximum absolute atomic E-state index is 15.3. The maximum Gasteiger partial charge on any atom is 0.257 e. The number of benzene rings is 1. The first-order valence-electron chi connectivity index (χ1n) is 12.6. The molecule has 0 spiro atoms. The molecule has 6 rings (SSSR count). The number of fused-ring (bicyclic) bond motifs is 1. The van der Waals surface area contributed by atoms with Gasteiger partial charge in [-0.15, -0.1) is 0 Å². The molecule has 2 aliphatic rings. The van der Waals surface area contributed by atoms with E-state index in [1.54, 1.807) is 36.5 Å². The highest BCUT2D eigenvalue weighted by Gasteiger charge is 2.59. The van der Waals surface area contributed by atoms with Gasteiger partial charge in [-0.25, -0.2) is 28.4 Å². The quantitative estimate of drug-likeness (QED) is 0.404. The van der Waals surface area contributed by atoms with Crippen LogP contribution in [0.2, 0.25) is 0 Å². The van der Waals surface area contributed by atoms with E-state index in [1.807, 2.05) is 0 Å². The number of rotatable bonds is 6. The predicted molar refractivity (Wildman–Crippen MR) is 136 cm³/mol. The molecule has 0 bridgehead atoms. The van der Waals surface area contributed by atoms with Crippen molar-refractivity contribution in [1.82, 2.24) is 29.6 Å². The number of aliphatic hydroxyl groups is 1. The summed E-state index contributed by atoms with van der Waals surface area (Å²) in [7, 11) is 0. The molecule has 1 saturated heterocycles. The highest BCUT2D eigenvalue weighted by atomic mass is 19.1. The van der Waals surface area contributed by atoms with Gasteiger partial charge in [-0.05, 0) is 51.1 Å². The Bertz CT molecular complexity index is 1540. The van der Waals surface area contributed by atoms with Gasteiger partial charge in [-0.2, -0.15) is 5.10 Å². The Morgan fingerprint density at radius 1 is 1.10 bits per heavy atom. The van der Waals surface area contributed by atoms with Gasteiger partial charge in [-0.1, -0.05) is 0 Å². The van der Waals surface area contributed by atoms with Crippen molar-refractivity contribution in [2.45, 2.75) is 32.5 Å². The van der Waals surface area contributed by atoms with Gasteiger partial charge in [0, 0.05) is 60.7 Å². The minimum absolute atomic E-state index is 0.0258. The van der Waals surface area contributed by atoms with Crippen LogP contribution in [0, 0.1) is 30.4 Å². The molecular formula is C28H26F2N6O3. The van der Waals surface area contributed by atoms with E-state index in [9.17, 15) is 14.3 Å². The Morgan fingerprint density at radius 3 is 2.41 bits per heavy atom. The summed E-state index contributed by atoms with van der Waals surface area (Å²) in [6.07, 6.45) is 4.67. The van der Waals surface area contributed by atoms with Crippen molar-refractivity contribution < 1.29 is 23.4 Å². The molecule has 1 N–H and O–H groups in total. The molecule has 1 aliphatic heterocycles. The van der Waals surface area contributed by atoms with Gasteiger partial charge >= 0.3 is 0 Å². The van der Waals surface area contributed by atoms with Gasteiger partial charge in [0.1, 0.15) is 17.6 Å². The number of carbonyl (C=O) groups excluding carboxylic acids is 1. The molecule has 1 saturated carbocycles. The van der Waals surface area contributed by atoms with E-state index in [-0.39, 0.29) is 41.0 Å². The second-order valence-electron chi connectivity index (χ2n) is 10.5. The summed E-state index contributed by atoms with van der Waals surface area (Å²) in [6.45, 7) is 5.74. The third kappa shape index (κ3) is 4.63. The fraction of sp³-hybridized carbons (Fsp3) is 0.321. The molecule has 1 aromatic carbocycles. The molecule has 2 atom stereocenters. The zero-order chi connectivity index (χ0) is 27.5. The van der Waals surface area contributed by atoms with E-state index in [0.29, 0.717) is 35.9 Å². The lowest BCUT2D eigenvalue weighted by Gasteiger charge is -2.22. The second-order valence-corrected chi connectivity index (χ2v) is 10.5. The number of carbonyl (C=O) groups is 1. The number of hydrogen-bond donors (Lipinski definition) is 1. The molecule has 4 aromatic rings. The molecule has 3 aromatic heterocycles. The molecule has 39 heavy (non-hydrogen) atoms. The largest absolute Gasteiger partial charge is 0.474 e. The number of piperidine rings is 1. The lowest BCUT2D eigenvalue weighted by molar-refractivity contribution is 0.0723. The summed E-state index contributed by atoms with van der Waals surface area (Å²) < 4.78 is 36.4. The monoisotopic (exact) mass is 532 g/mol. The van der Waals surface area contributed by atoms with Gasteiger partial charge < -0.3 is 14.7 Å². The van der Waals surface area contributed by atoms with Crippen molar-refractivity contribution in [3.63, 3.8) is 0 Å². The average Bonchev–Trinajstić information content (AvgIpc) is 3.22.